The Hall–Kier alpha value is 0.336. The molecule has 0 aliphatic rings. The average molecular weight is 280 g/mol. The first-order valence-corrected chi connectivity index (χ1v) is 7.13. The Morgan fingerprint density at radius 2 is 1.68 bits per heavy atom. The van der Waals surface area contributed by atoms with Gasteiger partial charge in [0.25, 0.3) is 0 Å². The van der Waals surface area contributed by atoms with E-state index >= 15 is 0 Å². The molecule has 0 aliphatic heterocycles. The van der Waals surface area contributed by atoms with Gasteiger partial charge in [-0.2, -0.15) is 0 Å². The van der Waals surface area contributed by atoms with Crippen molar-refractivity contribution in [3.63, 3.8) is 0 Å². The number of fused-ring (bicyclic) bond motifs is 1. The summed E-state index contributed by atoms with van der Waals surface area (Å²) in [6, 6.07) is 9.32. The van der Waals surface area contributed by atoms with Crippen molar-refractivity contribution in [2.24, 2.45) is 0 Å². The summed E-state index contributed by atoms with van der Waals surface area (Å²) in [4.78, 5) is 0. The Kier molecular flexibility index (Phi) is 7.27. The van der Waals surface area contributed by atoms with Crippen molar-refractivity contribution < 1.29 is 52.8 Å². The van der Waals surface area contributed by atoms with E-state index in [1.165, 1.54) is 58.7 Å². The smallest absolute Gasteiger partial charge is 1.00 e. The van der Waals surface area contributed by atoms with Crippen molar-refractivity contribution >= 4 is 10.8 Å². The maximum atomic E-state index is 2.38. The summed E-state index contributed by atoms with van der Waals surface area (Å²) >= 11 is 0. The zero-order valence-corrected chi connectivity index (χ0v) is 16.3. The molecule has 0 bridgehead atoms. The summed E-state index contributed by atoms with van der Waals surface area (Å²) in [7, 11) is 0. The molecule has 0 fully saturated rings. The molecule has 0 spiro atoms. The molecule has 0 saturated heterocycles. The second-order valence-corrected chi connectivity index (χ2v) is 5.46. The molecule has 2 aromatic rings. The van der Waals surface area contributed by atoms with Crippen LogP contribution in [0.4, 0.5) is 0 Å². The van der Waals surface area contributed by atoms with Crippen molar-refractivity contribution in [1.82, 2.24) is 0 Å². The van der Waals surface area contributed by atoms with Crippen LogP contribution in [0.5, 0.6) is 0 Å². The number of hydrogen-bond acceptors (Lipinski definition) is 0. The molecule has 0 unspecified atom stereocenters. The first-order chi connectivity index (χ1) is 8.63. The second kappa shape index (κ2) is 7.95. The van der Waals surface area contributed by atoms with E-state index in [0.717, 1.165) is 0 Å². The van der Waals surface area contributed by atoms with Gasteiger partial charge in [-0.05, 0) is 66.6 Å². The molecule has 0 radical (unpaired) electrons. The number of rotatable bonds is 4. The van der Waals surface area contributed by atoms with E-state index in [4.69, 9.17) is 0 Å². The van der Waals surface area contributed by atoms with Crippen LogP contribution in [-0.4, -0.2) is 0 Å². The molecule has 0 N–H and O–H groups in total. The standard InChI is InChI=1S/C18H24.K.H/c1-5-6-7-8-16-9-10-18-15(4)14(3)13(2)11-17(18)12-16;;/h9-12H,5-8H2,1-4H3;;/q;+1;-1. The predicted octanol–water partition coefficient (Wildman–Crippen LogP) is 2.61. The monoisotopic (exact) mass is 280 g/mol. The van der Waals surface area contributed by atoms with Gasteiger partial charge in [0, 0.05) is 0 Å². The zero-order valence-electron chi connectivity index (χ0n) is 14.1. The topological polar surface area (TPSA) is 0 Å². The minimum atomic E-state index is 0. The van der Waals surface area contributed by atoms with Gasteiger partial charge in [0.15, 0.2) is 0 Å². The van der Waals surface area contributed by atoms with E-state index in [2.05, 4.69) is 52.0 Å². The molecule has 0 amide bonds. The number of hydrogen-bond donors (Lipinski definition) is 0. The van der Waals surface area contributed by atoms with Gasteiger partial charge < -0.3 is 1.43 Å². The second-order valence-electron chi connectivity index (χ2n) is 5.46. The minimum absolute atomic E-state index is 0. The molecule has 0 aromatic heterocycles. The molecule has 1 heteroatoms. The van der Waals surface area contributed by atoms with E-state index in [9.17, 15) is 0 Å². The van der Waals surface area contributed by atoms with Gasteiger partial charge >= 0.3 is 51.4 Å². The molecular weight excluding hydrogens is 255 g/mol. The van der Waals surface area contributed by atoms with Gasteiger partial charge in [-0.25, -0.2) is 0 Å². The van der Waals surface area contributed by atoms with Gasteiger partial charge in [-0.15, -0.1) is 0 Å². The normalized spacial score (nSPS) is 10.5. The van der Waals surface area contributed by atoms with E-state index < -0.39 is 0 Å². The Bertz CT molecular complexity index is 561. The Morgan fingerprint density at radius 3 is 2.37 bits per heavy atom. The summed E-state index contributed by atoms with van der Waals surface area (Å²) in [6.45, 7) is 8.93. The Balaban J connectivity index is 0.00000180. The van der Waals surface area contributed by atoms with E-state index in [1.807, 2.05) is 0 Å². The first-order valence-electron chi connectivity index (χ1n) is 7.13. The van der Waals surface area contributed by atoms with Gasteiger partial charge in [0.2, 0.25) is 0 Å². The molecule has 19 heavy (non-hydrogen) atoms. The Labute approximate surface area is 161 Å². The fourth-order valence-corrected chi connectivity index (χ4v) is 2.65. The molecule has 2 aromatic carbocycles. The summed E-state index contributed by atoms with van der Waals surface area (Å²) in [6.07, 6.45) is 5.16. The molecule has 2 rings (SSSR count). The molecular formula is C18H25K. The SMILES string of the molecule is CCCCCc1ccc2c(C)c(C)c(C)cc2c1.[H-].[K+]. The van der Waals surface area contributed by atoms with Crippen molar-refractivity contribution in [2.45, 2.75) is 53.4 Å². The maximum Gasteiger partial charge on any atom is 1.00 e. The van der Waals surface area contributed by atoms with Crippen LogP contribution in [-0.2, 0) is 6.42 Å². The maximum absolute atomic E-state index is 2.38. The minimum Gasteiger partial charge on any atom is -1.00 e. The van der Waals surface area contributed by atoms with Crippen LogP contribution in [0.1, 0.15) is 49.9 Å². The van der Waals surface area contributed by atoms with E-state index in [-0.39, 0.29) is 52.8 Å². The number of aryl methyl sites for hydroxylation is 3. The molecule has 98 valence electrons. The third-order valence-electron chi connectivity index (χ3n) is 4.12. The molecule has 0 aliphatic carbocycles. The summed E-state index contributed by atoms with van der Waals surface area (Å²) < 4.78 is 0. The zero-order chi connectivity index (χ0) is 13.1. The summed E-state index contributed by atoms with van der Waals surface area (Å²) in [5, 5.41) is 2.82. The van der Waals surface area contributed by atoms with Crippen LogP contribution >= 0.6 is 0 Å². The van der Waals surface area contributed by atoms with Gasteiger partial charge in [-0.1, -0.05) is 44.0 Å². The van der Waals surface area contributed by atoms with Gasteiger partial charge in [0.1, 0.15) is 0 Å². The van der Waals surface area contributed by atoms with Crippen molar-refractivity contribution in [2.75, 3.05) is 0 Å². The van der Waals surface area contributed by atoms with Crippen LogP contribution in [0.2, 0.25) is 0 Å². The van der Waals surface area contributed by atoms with E-state index in [1.54, 1.807) is 0 Å². The first kappa shape index (κ1) is 17.4. The molecule has 0 saturated carbocycles. The molecule has 0 atom stereocenters. The van der Waals surface area contributed by atoms with E-state index in [0.29, 0.717) is 0 Å². The average Bonchev–Trinajstić information content (AvgIpc) is 2.36. The summed E-state index contributed by atoms with van der Waals surface area (Å²) in [5.41, 5.74) is 5.76. The van der Waals surface area contributed by atoms with Crippen molar-refractivity contribution in [1.29, 1.82) is 0 Å². The van der Waals surface area contributed by atoms with Crippen molar-refractivity contribution in [3.8, 4) is 0 Å². The van der Waals surface area contributed by atoms with Crippen LogP contribution in [0, 0.1) is 20.8 Å². The quantitative estimate of drug-likeness (QED) is 0.596. The van der Waals surface area contributed by atoms with Gasteiger partial charge in [-0.3, -0.25) is 0 Å². The van der Waals surface area contributed by atoms with Crippen LogP contribution in [0.25, 0.3) is 10.8 Å². The van der Waals surface area contributed by atoms with Crippen LogP contribution in [0.15, 0.2) is 24.3 Å². The van der Waals surface area contributed by atoms with Crippen LogP contribution in [0.3, 0.4) is 0 Å². The fourth-order valence-electron chi connectivity index (χ4n) is 2.65. The number of benzene rings is 2. The largest absolute Gasteiger partial charge is 1.00 e. The van der Waals surface area contributed by atoms with Gasteiger partial charge in [0.05, 0.1) is 0 Å². The molecule has 0 nitrogen and oxygen atoms in total. The third-order valence-corrected chi connectivity index (χ3v) is 4.12. The summed E-state index contributed by atoms with van der Waals surface area (Å²) in [5.74, 6) is 0. The third kappa shape index (κ3) is 4.15. The molecule has 0 heterocycles. The van der Waals surface area contributed by atoms with Crippen LogP contribution < -0.4 is 51.4 Å². The predicted molar refractivity (Wildman–Crippen MR) is 82.5 cm³/mol. The van der Waals surface area contributed by atoms with Crippen molar-refractivity contribution in [3.05, 3.63) is 46.5 Å². The fraction of sp³-hybridized carbons (Fsp3) is 0.444. The Morgan fingerprint density at radius 1 is 0.947 bits per heavy atom. The number of unbranched alkanes of at least 4 members (excludes halogenated alkanes) is 2.